The summed E-state index contributed by atoms with van der Waals surface area (Å²) in [5, 5.41) is 0. The summed E-state index contributed by atoms with van der Waals surface area (Å²) in [5.74, 6) is -0.801. The van der Waals surface area contributed by atoms with Crippen LogP contribution in [0.3, 0.4) is 0 Å². The molecular formula is C26H23F4N5O3. The average molecular weight is 529 g/mol. The smallest absolute Gasteiger partial charge is 0.416 e. The predicted molar refractivity (Wildman–Crippen MR) is 129 cm³/mol. The number of fused-ring (bicyclic) bond motifs is 1. The number of pyridine rings is 1. The van der Waals surface area contributed by atoms with E-state index in [4.69, 9.17) is 9.47 Å². The molecule has 0 N–H and O–H groups in total. The minimum absolute atomic E-state index is 0.0205. The molecule has 4 heterocycles. The van der Waals surface area contributed by atoms with E-state index >= 15 is 4.39 Å². The van der Waals surface area contributed by atoms with Crippen LogP contribution >= 0.6 is 0 Å². The molecule has 1 aromatic carbocycles. The molecule has 2 atom stereocenters. The van der Waals surface area contributed by atoms with Gasteiger partial charge < -0.3 is 14.0 Å². The minimum atomic E-state index is -4.70. The largest absolute Gasteiger partial charge is 0.480 e. The van der Waals surface area contributed by atoms with E-state index in [2.05, 4.69) is 19.9 Å². The van der Waals surface area contributed by atoms with E-state index in [9.17, 15) is 18.0 Å². The number of rotatable bonds is 4. The van der Waals surface area contributed by atoms with Crippen molar-refractivity contribution in [3.05, 3.63) is 75.3 Å². The van der Waals surface area contributed by atoms with Crippen molar-refractivity contribution < 1.29 is 27.0 Å². The maximum absolute atomic E-state index is 15.1. The van der Waals surface area contributed by atoms with Crippen LogP contribution in [0.1, 0.15) is 47.5 Å². The Bertz CT molecular complexity index is 1590. The van der Waals surface area contributed by atoms with Crippen molar-refractivity contribution in [2.45, 2.75) is 38.0 Å². The molecule has 0 aliphatic carbocycles. The molecule has 8 nitrogen and oxygen atoms in total. The summed E-state index contributed by atoms with van der Waals surface area (Å²) in [6, 6.07) is 5.45. The summed E-state index contributed by atoms with van der Waals surface area (Å²) < 4.78 is 67.3. The molecule has 0 bridgehead atoms. The summed E-state index contributed by atoms with van der Waals surface area (Å²) in [5.41, 5.74) is 0.142. The second kappa shape index (κ2) is 9.75. The van der Waals surface area contributed by atoms with Crippen LogP contribution in [0.2, 0.25) is 0 Å². The van der Waals surface area contributed by atoms with Crippen LogP contribution in [0.25, 0.3) is 22.4 Å². The van der Waals surface area contributed by atoms with Gasteiger partial charge in [-0.15, -0.1) is 0 Å². The molecule has 1 aliphatic rings. The van der Waals surface area contributed by atoms with Gasteiger partial charge in [-0.3, -0.25) is 4.79 Å². The highest BCUT2D eigenvalue weighted by Crippen LogP contribution is 2.39. The maximum atomic E-state index is 15.1. The maximum Gasteiger partial charge on any atom is 0.416 e. The standard InChI is InChI=1S/C26H23F4N5O3/c1-13-25(37-3)33-22-21(17-6-5-16(11-18(17)27)26(28,29)30)32-23(34-24(22)31-13)14-8-9-38-19(10-14)15-4-7-20(36)35(2)12-15/h4-7,11-12,14,19H,8-10H2,1-3H3/t14-,19+/m1/s1. The Morgan fingerprint density at radius 3 is 2.58 bits per heavy atom. The van der Waals surface area contributed by atoms with Crippen molar-refractivity contribution in [3.8, 4) is 17.1 Å². The zero-order chi connectivity index (χ0) is 27.2. The van der Waals surface area contributed by atoms with Gasteiger partial charge in [0, 0.05) is 37.4 Å². The molecule has 3 aromatic heterocycles. The molecule has 198 valence electrons. The number of benzene rings is 1. The first-order valence-electron chi connectivity index (χ1n) is 11.8. The monoisotopic (exact) mass is 529 g/mol. The highest BCUT2D eigenvalue weighted by molar-refractivity contribution is 5.87. The third-order valence-electron chi connectivity index (χ3n) is 6.55. The van der Waals surface area contributed by atoms with Crippen molar-refractivity contribution in [2.75, 3.05) is 13.7 Å². The summed E-state index contributed by atoms with van der Waals surface area (Å²) in [6.45, 7) is 2.06. The van der Waals surface area contributed by atoms with Crippen molar-refractivity contribution in [3.63, 3.8) is 0 Å². The van der Waals surface area contributed by atoms with E-state index in [0.29, 0.717) is 37.0 Å². The highest BCUT2D eigenvalue weighted by Gasteiger charge is 2.33. The molecule has 0 spiro atoms. The van der Waals surface area contributed by atoms with E-state index in [1.165, 1.54) is 17.7 Å². The normalized spacial score (nSPS) is 18.1. The molecule has 1 aliphatic heterocycles. The first-order valence-corrected chi connectivity index (χ1v) is 11.8. The second-order valence-corrected chi connectivity index (χ2v) is 9.11. The van der Waals surface area contributed by atoms with Crippen molar-refractivity contribution in [2.24, 2.45) is 7.05 Å². The Kier molecular flexibility index (Phi) is 6.59. The molecule has 0 unspecified atom stereocenters. The lowest BCUT2D eigenvalue weighted by atomic mass is 9.91. The zero-order valence-corrected chi connectivity index (χ0v) is 20.7. The van der Waals surface area contributed by atoms with Crippen LogP contribution in [-0.4, -0.2) is 38.2 Å². The van der Waals surface area contributed by atoms with E-state index in [0.717, 1.165) is 17.7 Å². The average Bonchev–Trinajstić information content (AvgIpc) is 2.88. The predicted octanol–water partition coefficient (Wildman–Crippen LogP) is 4.90. The SMILES string of the molecule is COc1nc2c(-c3ccc(C(F)(F)F)cc3F)nc([C@@H]3CCO[C@H](c4ccc(=O)n(C)c4)C3)nc2nc1C. The number of methoxy groups -OCH3 is 1. The van der Waals surface area contributed by atoms with Gasteiger partial charge in [0.25, 0.3) is 0 Å². The number of ether oxygens (including phenoxy) is 2. The lowest BCUT2D eigenvalue weighted by Gasteiger charge is -2.29. The first-order chi connectivity index (χ1) is 18.0. The fraction of sp³-hybridized carbons (Fsp3) is 0.346. The number of alkyl halides is 3. The van der Waals surface area contributed by atoms with Gasteiger partial charge >= 0.3 is 6.18 Å². The molecule has 38 heavy (non-hydrogen) atoms. The summed E-state index contributed by atoms with van der Waals surface area (Å²) in [4.78, 5) is 29.9. The molecule has 0 saturated carbocycles. The molecule has 5 rings (SSSR count). The number of nitrogens with zero attached hydrogens (tertiary/aromatic N) is 5. The zero-order valence-electron chi connectivity index (χ0n) is 20.7. The Morgan fingerprint density at radius 1 is 1.11 bits per heavy atom. The molecular weight excluding hydrogens is 506 g/mol. The topological polar surface area (TPSA) is 92.0 Å². The van der Waals surface area contributed by atoms with Crippen molar-refractivity contribution >= 4 is 11.2 Å². The van der Waals surface area contributed by atoms with E-state index in [-0.39, 0.29) is 45.9 Å². The number of aryl methyl sites for hydroxylation is 2. The molecule has 1 fully saturated rings. The molecule has 0 amide bonds. The van der Waals surface area contributed by atoms with E-state index in [1.807, 2.05) is 0 Å². The van der Waals surface area contributed by atoms with Gasteiger partial charge in [-0.05, 0) is 49.6 Å². The second-order valence-electron chi connectivity index (χ2n) is 9.11. The van der Waals surface area contributed by atoms with Crippen LogP contribution in [0, 0.1) is 12.7 Å². The third kappa shape index (κ3) is 4.83. The Morgan fingerprint density at radius 2 is 1.89 bits per heavy atom. The highest BCUT2D eigenvalue weighted by atomic mass is 19.4. The Hall–Kier alpha value is -3.93. The van der Waals surface area contributed by atoms with Crippen molar-refractivity contribution in [1.29, 1.82) is 0 Å². The van der Waals surface area contributed by atoms with Gasteiger partial charge in [-0.1, -0.05) is 0 Å². The lowest BCUT2D eigenvalue weighted by Crippen LogP contribution is -2.23. The molecule has 12 heteroatoms. The van der Waals surface area contributed by atoms with Gasteiger partial charge in [0.15, 0.2) is 5.65 Å². The van der Waals surface area contributed by atoms with Crippen LogP contribution < -0.4 is 10.3 Å². The van der Waals surface area contributed by atoms with Gasteiger partial charge in [0.1, 0.15) is 28.5 Å². The van der Waals surface area contributed by atoms with Crippen LogP contribution in [-0.2, 0) is 18.0 Å². The molecule has 0 radical (unpaired) electrons. The number of aromatic nitrogens is 5. The van der Waals surface area contributed by atoms with Gasteiger partial charge in [-0.25, -0.2) is 24.3 Å². The summed E-state index contributed by atoms with van der Waals surface area (Å²) >= 11 is 0. The van der Waals surface area contributed by atoms with Gasteiger partial charge in [0.2, 0.25) is 11.4 Å². The third-order valence-corrected chi connectivity index (χ3v) is 6.55. The summed E-state index contributed by atoms with van der Waals surface area (Å²) in [7, 11) is 3.05. The number of hydrogen-bond donors (Lipinski definition) is 0. The molecule has 4 aromatic rings. The lowest BCUT2D eigenvalue weighted by molar-refractivity contribution is -0.137. The van der Waals surface area contributed by atoms with Crippen LogP contribution in [0.4, 0.5) is 17.6 Å². The van der Waals surface area contributed by atoms with Gasteiger partial charge in [-0.2, -0.15) is 13.2 Å². The van der Waals surface area contributed by atoms with Crippen LogP contribution in [0.15, 0.2) is 41.3 Å². The minimum Gasteiger partial charge on any atom is -0.480 e. The van der Waals surface area contributed by atoms with Crippen molar-refractivity contribution in [1.82, 2.24) is 24.5 Å². The van der Waals surface area contributed by atoms with Crippen LogP contribution in [0.5, 0.6) is 5.88 Å². The summed E-state index contributed by atoms with van der Waals surface area (Å²) in [6.07, 6.45) is -2.29. The molecule has 1 saturated heterocycles. The fourth-order valence-corrected chi connectivity index (χ4v) is 4.55. The Balaban J connectivity index is 1.62. The number of hydrogen-bond acceptors (Lipinski definition) is 7. The van der Waals surface area contributed by atoms with Gasteiger partial charge in [0.05, 0.1) is 18.8 Å². The van der Waals surface area contributed by atoms with E-state index in [1.54, 1.807) is 26.2 Å². The quantitative estimate of drug-likeness (QED) is 0.348. The number of halogens is 4. The Labute approximate surface area is 214 Å². The fourth-order valence-electron chi connectivity index (χ4n) is 4.55. The first kappa shape index (κ1) is 25.7. The van der Waals surface area contributed by atoms with E-state index < -0.39 is 17.6 Å².